The van der Waals surface area contributed by atoms with Crippen LogP contribution in [0.4, 0.5) is 20.6 Å². The van der Waals surface area contributed by atoms with E-state index in [1.165, 1.54) is 12.1 Å². The summed E-state index contributed by atoms with van der Waals surface area (Å²) >= 11 is 0. The van der Waals surface area contributed by atoms with Gasteiger partial charge in [0.1, 0.15) is 11.6 Å². The molecule has 3 atom stereocenters. The van der Waals surface area contributed by atoms with Crippen LogP contribution >= 0.6 is 0 Å². The molecule has 2 aliphatic heterocycles. The van der Waals surface area contributed by atoms with Gasteiger partial charge < -0.3 is 25.0 Å². The highest BCUT2D eigenvalue weighted by atomic mass is 19.1. The SMILES string of the molecule is COc1ccc(-c2ccc3c(c2)[C@@H]2[C@@H](CCN2C(=O)Nc2cccc(F)c2)[C@@H](CO)N3C)cc1. The second-order valence-electron chi connectivity index (χ2n) is 8.89. The molecule has 5 rings (SSSR count). The third kappa shape index (κ3) is 3.86. The first-order valence-electron chi connectivity index (χ1n) is 11.5. The number of hydrogen-bond donors (Lipinski definition) is 2. The van der Waals surface area contributed by atoms with Crippen molar-refractivity contribution in [2.45, 2.75) is 18.5 Å². The van der Waals surface area contributed by atoms with Crippen LogP contribution in [0.2, 0.25) is 0 Å². The molecule has 0 aliphatic carbocycles. The number of carbonyl (C=O) groups is 1. The topological polar surface area (TPSA) is 65.0 Å². The van der Waals surface area contributed by atoms with Crippen LogP contribution in [0.15, 0.2) is 66.7 Å². The third-order valence-corrected chi connectivity index (χ3v) is 7.11. The molecule has 2 amide bonds. The minimum Gasteiger partial charge on any atom is -0.497 e. The Bertz CT molecular complexity index is 1200. The van der Waals surface area contributed by atoms with E-state index in [1.807, 2.05) is 36.2 Å². The number of nitrogens with one attached hydrogen (secondary N) is 1. The largest absolute Gasteiger partial charge is 0.497 e. The summed E-state index contributed by atoms with van der Waals surface area (Å²) in [4.78, 5) is 17.2. The van der Waals surface area contributed by atoms with Crippen molar-refractivity contribution in [2.75, 3.05) is 37.5 Å². The van der Waals surface area contributed by atoms with Crippen LogP contribution in [0, 0.1) is 11.7 Å². The lowest BCUT2D eigenvalue weighted by atomic mass is 9.81. The Hall–Kier alpha value is -3.58. The predicted molar refractivity (Wildman–Crippen MR) is 131 cm³/mol. The van der Waals surface area contributed by atoms with Gasteiger partial charge in [-0.05, 0) is 65.6 Å². The van der Waals surface area contributed by atoms with Crippen LogP contribution in [0.1, 0.15) is 18.0 Å². The minimum atomic E-state index is -0.397. The fraction of sp³-hybridized carbons (Fsp3) is 0.296. The molecule has 1 saturated heterocycles. The van der Waals surface area contributed by atoms with Crippen molar-refractivity contribution in [3.63, 3.8) is 0 Å². The Morgan fingerprint density at radius 2 is 1.88 bits per heavy atom. The lowest BCUT2D eigenvalue weighted by Crippen LogP contribution is -2.48. The summed E-state index contributed by atoms with van der Waals surface area (Å²) in [6.07, 6.45) is 0.781. The van der Waals surface area contributed by atoms with Gasteiger partial charge in [-0.3, -0.25) is 0 Å². The number of anilines is 2. The fourth-order valence-corrected chi connectivity index (χ4v) is 5.41. The van der Waals surface area contributed by atoms with Crippen molar-refractivity contribution in [2.24, 2.45) is 5.92 Å². The fourth-order valence-electron chi connectivity index (χ4n) is 5.41. The van der Waals surface area contributed by atoms with E-state index in [2.05, 4.69) is 28.4 Å². The molecule has 0 radical (unpaired) electrons. The van der Waals surface area contributed by atoms with Gasteiger partial charge in [-0.15, -0.1) is 0 Å². The van der Waals surface area contributed by atoms with Crippen molar-refractivity contribution in [3.8, 4) is 16.9 Å². The van der Waals surface area contributed by atoms with Crippen LogP contribution in [0.5, 0.6) is 5.75 Å². The van der Waals surface area contributed by atoms with Gasteiger partial charge in [-0.2, -0.15) is 0 Å². The molecule has 2 heterocycles. The van der Waals surface area contributed by atoms with Gasteiger partial charge in [0.2, 0.25) is 0 Å². The number of aliphatic hydroxyl groups excluding tert-OH is 1. The van der Waals surface area contributed by atoms with E-state index >= 15 is 0 Å². The van der Waals surface area contributed by atoms with Crippen molar-refractivity contribution in [3.05, 3.63) is 78.1 Å². The number of methoxy groups -OCH3 is 1. The maximum Gasteiger partial charge on any atom is 0.322 e. The number of ether oxygens (including phenoxy) is 1. The van der Waals surface area contributed by atoms with Gasteiger partial charge in [0, 0.05) is 30.9 Å². The van der Waals surface area contributed by atoms with E-state index in [1.54, 1.807) is 19.2 Å². The van der Waals surface area contributed by atoms with Crippen LogP contribution in [0.25, 0.3) is 11.1 Å². The zero-order chi connectivity index (χ0) is 23.8. The Morgan fingerprint density at radius 3 is 2.59 bits per heavy atom. The average molecular weight is 462 g/mol. The second-order valence-corrected chi connectivity index (χ2v) is 8.89. The number of likely N-dealkylation sites (N-methyl/N-ethyl adjacent to an activating group) is 1. The molecular weight excluding hydrogens is 433 g/mol. The van der Waals surface area contributed by atoms with Crippen molar-refractivity contribution < 1.29 is 19.0 Å². The summed E-state index contributed by atoms with van der Waals surface area (Å²) in [6, 6.07) is 19.5. The van der Waals surface area contributed by atoms with E-state index in [0.29, 0.717) is 12.2 Å². The highest BCUT2D eigenvalue weighted by Gasteiger charge is 2.47. The number of benzene rings is 3. The Morgan fingerprint density at radius 1 is 1.12 bits per heavy atom. The van der Waals surface area contributed by atoms with Gasteiger partial charge in [0.25, 0.3) is 0 Å². The lowest BCUT2D eigenvalue weighted by molar-refractivity contribution is 0.168. The van der Waals surface area contributed by atoms with Gasteiger partial charge >= 0.3 is 6.03 Å². The number of amides is 2. The standard InChI is InChI=1S/C27H28FN3O3/c1-30-24-11-8-18(17-6-9-21(34-2)10-7-17)14-23(24)26-22(25(30)16-32)12-13-31(26)27(33)29-20-5-3-4-19(28)15-20/h3-11,14-15,22,25-26,32H,12-13,16H2,1-2H3,(H,29,33)/t22-,25+,26-/m0/s1. The van der Waals surface area contributed by atoms with Gasteiger partial charge in [-0.1, -0.05) is 24.3 Å². The normalized spacial score (nSPS) is 21.1. The van der Waals surface area contributed by atoms with Gasteiger partial charge in [0.05, 0.1) is 25.8 Å². The number of hydrogen-bond acceptors (Lipinski definition) is 4. The number of aliphatic hydroxyl groups is 1. The molecule has 6 nitrogen and oxygen atoms in total. The zero-order valence-corrected chi connectivity index (χ0v) is 19.2. The average Bonchev–Trinajstić information content (AvgIpc) is 3.29. The maximum absolute atomic E-state index is 13.6. The van der Waals surface area contributed by atoms with E-state index in [9.17, 15) is 14.3 Å². The van der Waals surface area contributed by atoms with E-state index < -0.39 is 5.82 Å². The molecule has 3 aromatic carbocycles. The third-order valence-electron chi connectivity index (χ3n) is 7.11. The summed E-state index contributed by atoms with van der Waals surface area (Å²) in [5.74, 6) is 0.487. The quantitative estimate of drug-likeness (QED) is 0.580. The molecule has 0 unspecified atom stereocenters. The molecule has 0 saturated carbocycles. The molecule has 1 fully saturated rings. The Balaban J connectivity index is 1.52. The molecule has 176 valence electrons. The molecule has 3 aromatic rings. The number of halogens is 1. The zero-order valence-electron chi connectivity index (χ0n) is 19.2. The van der Waals surface area contributed by atoms with Crippen LogP contribution in [-0.2, 0) is 0 Å². The summed E-state index contributed by atoms with van der Waals surface area (Å²) in [6.45, 7) is 0.573. The molecule has 0 aromatic heterocycles. The highest BCUT2D eigenvalue weighted by Crippen LogP contribution is 2.49. The summed E-state index contributed by atoms with van der Waals surface area (Å²) < 4.78 is 18.9. The second kappa shape index (κ2) is 8.99. The van der Waals surface area contributed by atoms with Crippen molar-refractivity contribution in [1.29, 1.82) is 0 Å². The smallest absolute Gasteiger partial charge is 0.322 e. The number of likely N-dealkylation sites (tertiary alicyclic amines) is 1. The first-order valence-corrected chi connectivity index (χ1v) is 11.5. The number of rotatable bonds is 4. The lowest BCUT2D eigenvalue weighted by Gasteiger charge is -2.44. The molecule has 34 heavy (non-hydrogen) atoms. The molecule has 2 aliphatic rings. The van der Waals surface area contributed by atoms with Crippen molar-refractivity contribution in [1.82, 2.24) is 4.90 Å². The highest BCUT2D eigenvalue weighted by molar-refractivity contribution is 5.90. The van der Waals surface area contributed by atoms with Gasteiger partial charge in [0.15, 0.2) is 0 Å². The molecule has 2 N–H and O–H groups in total. The summed E-state index contributed by atoms with van der Waals surface area (Å²) in [7, 11) is 3.64. The van der Waals surface area contributed by atoms with Gasteiger partial charge in [-0.25, -0.2) is 9.18 Å². The predicted octanol–water partition coefficient (Wildman–Crippen LogP) is 4.91. The first-order chi connectivity index (χ1) is 16.5. The molecule has 0 spiro atoms. The number of nitrogens with zero attached hydrogens (tertiary/aromatic N) is 2. The van der Waals surface area contributed by atoms with Crippen LogP contribution in [-0.4, -0.2) is 49.4 Å². The minimum absolute atomic E-state index is 0.0106. The van der Waals surface area contributed by atoms with Crippen LogP contribution < -0.4 is 15.0 Å². The van der Waals surface area contributed by atoms with E-state index in [0.717, 1.165) is 34.5 Å². The molecule has 0 bridgehead atoms. The molecular formula is C27H28FN3O3. The Kier molecular flexibility index (Phi) is 5.87. The van der Waals surface area contributed by atoms with Crippen molar-refractivity contribution >= 4 is 17.4 Å². The first kappa shape index (κ1) is 22.2. The van der Waals surface area contributed by atoms with E-state index in [4.69, 9.17) is 4.74 Å². The summed E-state index contributed by atoms with van der Waals surface area (Å²) in [5, 5.41) is 13.0. The number of carbonyl (C=O) groups excluding carboxylic acids is 1. The molecule has 7 heteroatoms. The number of urea groups is 1. The number of fused-ring (bicyclic) bond motifs is 3. The summed E-state index contributed by atoms with van der Waals surface area (Å²) in [5.41, 5.74) is 4.59. The maximum atomic E-state index is 13.6. The van der Waals surface area contributed by atoms with E-state index in [-0.39, 0.29) is 30.6 Å². The van der Waals surface area contributed by atoms with Crippen LogP contribution in [0.3, 0.4) is 0 Å². The monoisotopic (exact) mass is 461 g/mol. The Labute approximate surface area is 198 Å².